The molecule has 1 amide bonds. The minimum atomic E-state index is -0.343. The smallest absolute Gasteiger partial charge is 0.291 e. The summed E-state index contributed by atoms with van der Waals surface area (Å²) in [6, 6.07) is 17.1. The third-order valence-electron chi connectivity index (χ3n) is 4.39. The molecule has 0 atom stereocenters. The molecule has 3 aromatic rings. The molecule has 0 fully saturated rings. The minimum Gasteiger partial charge on any atom is -0.497 e. The van der Waals surface area contributed by atoms with Crippen LogP contribution >= 0.6 is 0 Å². The lowest BCUT2D eigenvalue weighted by atomic mass is 10.1. The number of carbonyl (C=O) groups excluding carboxylic acids is 1. The van der Waals surface area contributed by atoms with Gasteiger partial charge in [-0.25, -0.2) is 0 Å². The van der Waals surface area contributed by atoms with Crippen molar-refractivity contribution in [3.63, 3.8) is 0 Å². The Morgan fingerprint density at radius 1 is 0.966 bits per heavy atom. The van der Waals surface area contributed by atoms with Gasteiger partial charge in [-0.15, -0.1) is 0 Å². The molecule has 1 heterocycles. The van der Waals surface area contributed by atoms with Crippen LogP contribution in [-0.2, 0) is 6.54 Å². The fourth-order valence-corrected chi connectivity index (χ4v) is 2.80. The predicted octanol–water partition coefficient (Wildman–Crippen LogP) is 4.71. The van der Waals surface area contributed by atoms with Gasteiger partial charge in [0, 0.05) is 42.0 Å². The lowest BCUT2D eigenvalue weighted by molar-refractivity contribution is 0.0997. The first-order valence-corrected chi connectivity index (χ1v) is 9.45. The molecule has 6 heteroatoms. The zero-order valence-electron chi connectivity index (χ0n) is 17.1. The van der Waals surface area contributed by atoms with Crippen LogP contribution in [0.15, 0.2) is 59.0 Å². The molecule has 1 aromatic heterocycles. The molecule has 0 aliphatic rings. The normalized spacial score (nSPS) is 10.8. The molecule has 3 rings (SSSR count). The maximum atomic E-state index is 12.6. The van der Waals surface area contributed by atoms with Crippen LogP contribution < -0.4 is 20.1 Å². The molecule has 2 aromatic carbocycles. The lowest BCUT2D eigenvalue weighted by Gasteiger charge is -2.09. The van der Waals surface area contributed by atoms with E-state index in [1.807, 2.05) is 12.1 Å². The molecule has 29 heavy (non-hydrogen) atoms. The quantitative estimate of drug-likeness (QED) is 0.579. The number of methoxy groups -OCH3 is 2. The van der Waals surface area contributed by atoms with E-state index in [4.69, 9.17) is 13.9 Å². The van der Waals surface area contributed by atoms with Crippen molar-refractivity contribution < 1.29 is 18.7 Å². The van der Waals surface area contributed by atoms with Crippen LogP contribution in [0.25, 0.3) is 11.3 Å². The van der Waals surface area contributed by atoms with E-state index in [0.29, 0.717) is 29.0 Å². The van der Waals surface area contributed by atoms with Crippen molar-refractivity contribution in [3.05, 3.63) is 65.9 Å². The van der Waals surface area contributed by atoms with Gasteiger partial charge in [-0.2, -0.15) is 0 Å². The molecule has 0 unspecified atom stereocenters. The molecule has 0 saturated heterocycles. The number of anilines is 1. The van der Waals surface area contributed by atoms with E-state index in [-0.39, 0.29) is 11.7 Å². The zero-order valence-corrected chi connectivity index (χ0v) is 17.1. The van der Waals surface area contributed by atoms with Crippen LogP contribution in [0.5, 0.6) is 11.5 Å². The van der Waals surface area contributed by atoms with Crippen molar-refractivity contribution in [1.29, 1.82) is 0 Å². The van der Waals surface area contributed by atoms with Gasteiger partial charge in [-0.1, -0.05) is 38.1 Å². The summed E-state index contributed by atoms with van der Waals surface area (Å²) in [5, 5.41) is 6.19. The number of rotatable bonds is 8. The van der Waals surface area contributed by atoms with Gasteiger partial charge in [-0.3, -0.25) is 4.79 Å². The molecular formula is C23H26N2O4. The zero-order chi connectivity index (χ0) is 20.8. The first-order chi connectivity index (χ1) is 14.0. The van der Waals surface area contributed by atoms with Crippen LogP contribution in [0.4, 0.5) is 5.69 Å². The molecule has 0 aliphatic heterocycles. The topological polar surface area (TPSA) is 72.7 Å². The van der Waals surface area contributed by atoms with Crippen molar-refractivity contribution in [3.8, 4) is 22.8 Å². The number of hydrogen-bond donors (Lipinski definition) is 2. The number of carbonyl (C=O) groups is 1. The van der Waals surface area contributed by atoms with E-state index in [9.17, 15) is 4.79 Å². The van der Waals surface area contributed by atoms with E-state index < -0.39 is 0 Å². The number of ether oxygens (including phenoxy) is 2. The second kappa shape index (κ2) is 9.30. The standard InChI is InChI=1S/C23H26N2O4/c1-15(2)24-14-16-5-7-17(8-6-16)21-9-10-22(29-21)23(26)25-18-11-19(27-3)13-20(12-18)28-4/h5-13,15,24H,14H2,1-4H3,(H,25,26). The summed E-state index contributed by atoms with van der Waals surface area (Å²) in [4.78, 5) is 12.6. The fourth-order valence-electron chi connectivity index (χ4n) is 2.80. The number of furan rings is 1. The van der Waals surface area contributed by atoms with Gasteiger partial charge in [0.2, 0.25) is 0 Å². The Morgan fingerprint density at radius 2 is 1.62 bits per heavy atom. The highest BCUT2D eigenvalue weighted by Crippen LogP contribution is 2.27. The Kier molecular flexibility index (Phi) is 6.57. The molecule has 0 radical (unpaired) electrons. The summed E-state index contributed by atoms with van der Waals surface area (Å²) >= 11 is 0. The maximum absolute atomic E-state index is 12.6. The largest absolute Gasteiger partial charge is 0.497 e. The monoisotopic (exact) mass is 394 g/mol. The first kappa shape index (κ1) is 20.5. The van der Waals surface area contributed by atoms with Crippen molar-refractivity contribution in [1.82, 2.24) is 5.32 Å². The molecule has 6 nitrogen and oxygen atoms in total. The summed E-state index contributed by atoms with van der Waals surface area (Å²) < 4.78 is 16.2. The second-order valence-electron chi connectivity index (χ2n) is 6.95. The van der Waals surface area contributed by atoms with Crippen LogP contribution in [0.2, 0.25) is 0 Å². The van der Waals surface area contributed by atoms with E-state index in [0.717, 1.165) is 12.1 Å². The van der Waals surface area contributed by atoms with Gasteiger partial charge < -0.3 is 24.5 Å². The highest BCUT2D eigenvalue weighted by molar-refractivity contribution is 6.02. The average molecular weight is 394 g/mol. The Balaban J connectivity index is 1.70. The molecule has 152 valence electrons. The summed E-state index contributed by atoms with van der Waals surface area (Å²) in [5.74, 6) is 1.71. The van der Waals surface area contributed by atoms with E-state index in [1.165, 1.54) is 5.56 Å². The first-order valence-electron chi connectivity index (χ1n) is 9.45. The summed E-state index contributed by atoms with van der Waals surface area (Å²) in [5.41, 5.74) is 2.67. The van der Waals surface area contributed by atoms with Gasteiger partial charge in [0.05, 0.1) is 14.2 Å². The SMILES string of the molecule is COc1cc(NC(=O)c2ccc(-c3ccc(CNC(C)C)cc3)o2)cc(OC)c1. The molecule has 0 spiro atoms. The highest BCUT2D eigenvalue weighted by Gasteiger charge is 2.14. The van der Waals surface area contributed by atoms with Crippen molar-refractivity contribution in [2.24, 2.45) is 0 Å². The van der Waals surface area contributed by atoms with Gasteiger partial charge in [0.15, 0.2) is 5.76 Å². The average Bonchev–Trinajstić information content (AvgIpc) is 3.22. The van der Waals surface area contributed by atoms with Gasteiger partial charge in [0.25, 0.3) is 5.91 Å². The van der Waals surface area contributed by atoms with Gasteiger partial charge in [-0.05, 0) is 17.7 Å². The predicted molar refractivity (Wildman–Crippen MR) is 114 cm³/mol. The van der Waals surface area contributed by atoms with Crippen molar-refractivity contribution in [2.75, 3.05) is 19.5 Å². The Labute approximate surface area is 170 Å². The van der Waals surface area contributed by atoms with Crippen LogP contribution in [-0.4, -0.2) is 26.2 Å². The second-order valence-corrected chi connectivity index (χ2v) is 6.95. The number of hydrogen-bond acceptors (Lipinski definition) is 5. The molecule has 2 N–H and O–H groups in total. The summed E-state index contributed by atoms with van der Waals surface area (Å²) in [6.45, 7) is 5.05. The highest BCUT2D eigenvalue weighted by atomic mass is 16.5. The molecule has 0 aliphatic carbocycles. The van der Waals surface area contributed by atoms with E-state index in [2.05, 4.69) is 36.6 Å². The van der Waals surface area contributed by atoms with E-state index >= 15 is 0 Å². The van der Waals surface area contributed by atoms with Gasteiger partial charge in [0.1, 0.15) is 17.3 Å². The van der Waals surface area contributed by atoms with Crippen LogP contribution in [0.3, 0.4) is 0 Å². The van der Waals surface area contributed by atoms with Crippen molar-refractivity contribution >= 4 is 11.6 Å². The molecule has 0 saturated carbocycles. The fraction of sp³-hybridized carbons (Fsp3) is 0.261. The Bertz CT molecular complexity index is 939. The summed E-state index contributed by atoms with van der Waals surface area (Å²) in [7, 11) is 3.12. The third kappa shape index (κ3) is 5.39. The molecule has 0 bridgehead atoms. The van der Waals surface area contributed by atoms with Crippen molar-refractivity contribution in [2.45, 2.75) is 26.4 Å². The number of benzene rings is 2. The number of nitrogens with one attached hydrogen (secondary N) is 2. The van der Waals surface area contributed by atoms with E-state index in [1.54, 1.807) is 44.6 Å². The third-order valence-corrected chi connectivity index (χ3v) is 4.39. The van der Waals surface area contributed by atoms with Gasteiger partial charge >= 0.3 is 0 Å². The summed E-state index contributed by atoms with van der Waals surface area (Å²) in [6.07, 6.45) is 0. The lowest BCUT2D eigenvalue weighted by Crippen LogP contribution is -2.21. The minimum absolute atomic E-state index is 0.229. The van der Waals surface area contributed by atoms with Crippen LogP contribution in [0, 0.1) is 0 Å². The molecular weight excluding hydrogens is 368 g/mol. The number of amides is 1. The van der Waals surface area contributed by atoms with Crippen LogP contribution in [0.1, 0.15) is 30.0 Å². The Hall–Kier alpha value is -3.25. The maximum Gasteiger partial charge on any atom is 0.291 e. The Morgan fingerprint density at radius 3 is 2.21 bits per heavy atom.